The number of nitrogens with two attached hydrogens (primary N) is 1. The molecule has 1 aliphatic rings. The van der Waals surface area contributed by atoms with Gasteiger partial charge in [-0.15, -0.1) is 24.0 Å². The number of hydrogen-bond donors (Lipinski definition) is 2. The molecule has 1 fully saturated rings. The first kappa shape index (κ1) is 22.1. The number of likely N-dealkylation sites (tertiary alicyclic amines) is 1. The quantitative estimate of drug-likeness (QED) is 0.351. The van der Waals surface area contributed by atoms with Gasteiger partial charge in [0.25, 0.3) is 0 Å². The summed E-state index contributed by atoms with van der Waals surface area (Å²) in [5, 5.41) is 3.28. The first-order valence-electron chi connectivity index (χ1n) is 8.25. The number of primary amides is 1. The van der Waals surface area contributed by atoms with Crippen molar-refractivity contribution in [1.29, 1.82) is 0 Å². The van der Waals surface area contributed by atoms with Crippen LogP contribution in [-0.2, 0) is 11.3 Å². The molecule has 1 aromatic rings. The van der Waals surface area contributed by atoms with Gasteiger partial charge in [0, 0.05) is 26.1 Å². The SMILES string of the molecule is CCNC(=NCc1ccc(Br)c(F)c1)N1CCCC(CC(N)=O)C1.I. The molecule has 1 unspecified atom stereocenters. The van der Waals surface area contributed by atoms with Crippen molar-refractivity contribution < 1.29 is 9.18 Å². The van der Waals surface area contributed by atoms with Crippen molar-refractivity contribution >= 4 is 51.8 Å². The molecule has 0 aliphatic carbocycles. The summed E-state index contributed by atoms with van der Waals surface area (Å²) in [6, 6.07) is 5.03. The maximum absolute atomic E-state index is 13.6. The number of piperidine rings is 1. The number of carbonyl (C=O) groups excluding carboxylic acids is 1. The topological polar surface area (TPSA) is 70.7 Å². The van der Waals surface area contributed by atoms with Crippen LogP contribution in [0.25, 0.3) is 0 Å². The molecule has 1 atom stereocenters. The number of aliphatic imine (C=N–C) groups is 1. The molecule has 2 rings (SSSR count). The Labute approximate surface area is 173 Å². The summed E-state index contributed by atoms with van der Waals surface area (Å²) in [6.45, 7) is 4.84. The molecule has 1 saturated heterocycles. The Morgan fingerprint density at radius 2 is 2.28 bits per heavy atom. The lowest BCUT2D eigenvalue weighted by Crippen LogP contribution is -2.47. The van der Waals surface area contributed by atoms with Crippen LogP contribution in [0, 0.1) is 11.7 Å². The molecule has 25 heavy (non-hydrogen) atoms. The van der Waals surface area contributed by atoms with Crippen LogP contribution in [-0.4, -0.2) is 36.4 Å². The molecule has 0 bridgehead atoms. The lowest BCUT2D eigenvalue weighted by atomic mass is 9.95. The van der Waals surface area contributed by atoms with Gasteiger partial charge in [0.15, 0.2) is 5.96 Å². The van der Waals surface area contributed by atoms with E-state index < -0.39 is 0 Å². The smallest absolute Gasteiger partial charge is 0.217 e. The normalized spacial score (nSPS) is 17.8. The Morgan fingerprint density at radius 1 is 1.52 bits per heavy atom. The van der Waals surface area contributed by atoms with Gasteiger partial charge in [-0.1, -0.05) is 6.07 Å². The van der Waals surface area contributed by atoms with Crippen molar-refractivity contribution in [3.63, 3.8) is 0 Å². The maximum Gasteiger partial charge on any atom is 0.217 e. The van der Waals surface area contributed by atoms with E-state index in [4.69, 9.17) is 5.73 Å². The molecule has 140 valence electrons. The highest BCUT2D eigenvalue weighted by molar-refractivity contribution is 14.0. The van der Waals surface area contributed by atoms with E-state index in [1.807, 2.05) is 13.0 Å². The first-order chi connectivity index (χ1) is 11.5. The third kappa shape index (κ3) is 7.08. The second kappa shape index (κ2) is 10.9. The molecule has 3 N–H and O–H groups in total. The van der Waals surface area contributed by atoms with E-state index in [-0.39, 0.29) is 41.6 Å². The van der Waals surface area contributed by atoms with Gasteiger partial charge in [-0.2, -0.15) is 0 Å². The second-order valence-electron chi connectivity index (χ2n) is 6.04. The molecule has 0 radical (unpaired) electrons. The average molecular weight is 527 g/mol. The Balaban J connectivity index is 0.00000312. The number of nitrogens with zero attached hydrogens (tertiary/aromatic N) is 2. The minimum atomic E-state index is -0.285. The van der Waals surface area contributed by atoms with Crippen molar-refractivity contribution in [2.45, 2.75) is 32.7 Å². The van der Waals surface area contributed by atoms with Gasteiger partial charge >= 0.3 is 0 Å². The predicted octanol–water partition coefficient (Wildman–Crippen LogP) is 3.26. The van der Waals surface area contributed by atoms with Gasteiger partial charge in [0.2, 0.25) is 5.91 Å². The van der Waals surface area contributed by atoms with Crippen molar-refractivity contribution in [1.82, 2.24) is 10.2 Å². The van der Waals surface area contributed by atoms with Crippen LogP contribution in [0.2, 0.25) is 0 Å². The summed E-state index contributed by atoms with van der Waals surface area (Å²) >= 11 is 3.15. The summed E-state index contributed by atoms with van der Waals surface area (Å²) in [7, 11) is 0. The Bertz CT molecular complexity index is 614. The zero-order valence-corrected chi connectivity index (χ0v) is 18.2. The standard InChI is InChI=1S/C17H24BrFN4O.HI/c1-2-21-17(22-10-12-5-6-14(18)15(19)8-12)23-7-3-4-13(11-23)9-16(20)24;/h5-6,8,13H,2-4,7,9-11H2,1H3,(H2,20,24)(H,21,22);1H. The van der Waals surface area contributed by atoms with Crippen molar-refractivity contribution in [2.75, 3.05) is 19.6 Å². The molecule has 1 amide bonds. The van der Waals surface area contributed by atoms with Crippen molar-refractivity contribution in [2.24, 2.45) is 16.6 Å². The number of carbonyl (C=O) groups is 1. The monoisotopic (exact) mass is 526 g/mol. The molecule has 0 aromatic heterocycles. The number of amides is 1. The van der Waals surface area contributed by atoms with E-state index in [0.717, 1.165) is 44.0 Å². The number of benzene rings is 1. The van der Waals surface area contributed by atoms with Crippen molar-refractivity contribution in [3.8, 4) is 0 Å². The lowest BCUT2D eigenvalue weighted by Gasteiger charge is -2.34. The molecular formula is C17H25BrFIN4O. The van der Waals surface area contributed by atoms with E-state index in [0.29, 0.717) is 17.4 Å². The fourth-order valence-electron chi connectivity index (χ4n) is 2.94. The second-order valence-corrected chi connectivity index (χ2v) is 6.90. The predicted molar refractivity (Wildman–Crippen MR) is 112 cm³/mol. The van der Waals surface area contributed by atoms with Crippen LogP contribution in [0.3, 0.4) is 0 Å². The molecule has 1 heterocycles. The Kier molecular flexibility index (Phi) is 9.70. The fraction of sp³-hybridized carbons (Fsp3) is 0.529. The highest BCUT2D eigenvalue weighted by Gasteiger charge is 2.23. The Morgan fingerprint density at radius 3 is 2.92 bits per heavy atom. The number of nitrogens with one attached hydrogen (secondary N) is 1. The fourth-order valence-corrected chi connectivity index (χ4v) is 3.19. The molecule has 0 saturated carbocycles. The highest BCUT2D eigenvalue weighted by atomic mass is 127. The van der Waals surface area contributed by atoms with Crippen molar-refractivity contribution in [3.05, 3.63) is 34.1 Å². The summed E-state index contributed by atoms with van der Waals surface area (Å²) < 4.78 is 14.1. The third-order valence-electron chi connectivity index (χ3n) is 4.04. The van der Waals surface area contributed by atoms with Gasteiger partial charge in [0.05, 0.1) is 11.0 Å². The van der Waals surface area contributed by atoms with Gasteiger partial charge in [0.1, 0.15) is 5.82 Å². The van der Waals surface area contributed by atoms with E-state index in [1.165, 1.54) is 6.07 Å². The summed E-state index contributed by atoms with van der Waals surface area (Å²) in [5.74, 6) is 0.529. The van der Waals surface area contributed by atoms with Crippen LogP contribution >= 0.6 is 39.9 Å². The zero-order chi connectivity index (χ0) is 17.5. The lowest BCUT2D eigenvalue weighted by molar-refractivity contribution is -0.119. The summed E-state index contributed by atoms with van der Waals surface area (Å²) in [4.78, 5) is 17.9. The van der Waals surface area contributed by atoms with Gasteiger partial charge in [-0.05, 0) is 59.3 Å². The van der Waals surface area contributed by atoms with Gasteiger partial charge < -0.3 is 16.0 Å². The maximum atomic E-state index is 13.6. The molecular weight excluding hydrogens is 502 g/mol. The molecule has 8 heteroatoms. The zero-order valence-electron chi connectivity index (χ0n) is 14.3. The van der Waals surface area contributed by atoms with Crippen LogP contribution in [0.15, 0.2) is 27.7 Å². The number of guanidine groups is 1. The van der Waals surface area contributed by atoms with Crippen LogP contribution < -0.4 is 11.1 Å². The van der Waals surface area contributed by atoms with E-state index in [1.54, 1.807) is 6.07 Å². The number of rotatable bonds is 5. The molecule has 1 aliphatic heterocycles. The number of halogens is 3. The van der Waals surface area contributed by atoms with Gasteiger partial charge in [-0.25, -0.2) is 9.38 Å². The summed E-state index contributed by atoms with van der Waals surface area (Å²) in [5.41, 5.74) is 6.14. The third-order valence-corrected chi connectivity index (χ3v) is 4.68. The molecule has 5 nitrogen and oxygen atoms in total. The van der Waals surface area contributed by atoms with E-state index in [9.17, 15) is 9.18 Å². The minimum absolute atomic E-state index is 0. The van der Waals surface area contributed by atoms with E-state index in [2.05, 4.69) is 31.1 Å². The van der Waals surface area contributed by atoms with Gasteiger partial charge in [-0.3, -0.25) is 4.79 Å². The van der Waals surface area contributed by atoms with Crippen LogP contribution in [0.4, 0.5) is 4.39 Å². The minimum Gasteiger partial charge on any atom is -0.370 e. The Hall–Kier alpha value is -0.900. The molecule has 1 aromatic carbocycles. The largest absolute Gasteiger partial charge is 0.370 e. The van der Waals surface area contributed by atoms with Crippen LogP contribution in [0.1, 0.15) is 31.7 Å². The first-order valence-corrected chi connectivity index (χ1v) is 9.04. The summed E-state index contributed by atoms with van der Waals surface area (Å²) in [6.07, 6.45) is 2.43. The van der Waals surface area contributed by atoms with Crippen LogP contribution in [0.5, 0.6) is 0 Å². The highest BCUT2D eigenvalue weighted by Crippen LogP contribution is 2.20. The van der Waals surface area contributed by atoms with E-state index >= 15 is 0 Å². The number of hydrogen-bond acceptors (Lipinski definition) is 2. The average Bonchev–Trinajstić information content (AvgIpc) is 2.54. The molecule has 0 spiro atoms.